The van der Waals surface area contributed by atoms with Crippen LogP contribution in [0.1, 0.15) is 47.8 Å². The second kappa shape index (κ2) is 9.89. The lowest BCUT2D eigenvalue weighted by molar-refractivity contribution is 0.102. The lowest BCUT2D eigenvalue weighted by atomic mass is 9.87. The van der Waals surface area contributed by atoms with Gasteiger partial charge in [0.2, 0.25) is 0 Å². The van der Waals surface area contributed by atoms with Gasteiger partial charge in [-0.15, -0.1) is 0 Å². The second-order valence-electron chi connectivity index (χ2n) is 8.27. The molecule has 0 unspecified atom stereocenters. The molecule has 2 amide bonds. The highest BCUT2D eigenvalue weighted by molar-refractivity contribution is 6.04. The number of nitrogens with zero attached hydrogens (tertiary/aromatic N) is 1. The molecule has 160 valence electrons. The number of nitrogens with one attached hydrogen (secondary N) is 2. The first kappa shape index (κ1) is 22.0. The van der Waals surface area contributed by atoms with E-state index in [-0.39, 0.29) is 17.9 Å². The summed E-state index contributed by atoms with van der Waals surface area (Å²) in [5, 5.41) is 5.50. The van der Waals surface area contributed by atoms with E-state index in [1.165, 1.54) is 5.56 Å². The number of hydrogen-bond donors (Lipinski definition) is 2. The van der Waals surface area contributed by atoms with Gasteiger partial charge in [-0.1, -0.05) is 57.2 Å². The van der Waals surface area contributed by atoms with Gasteiger partial charge >= 0.3 is 6.09 Å². The highest BCUT2D eigenvalue weighted by Crippen LogP contribution is 2.22. The van der Waals surface area contributed by atoms with Crippen LogP contribution in [-0.2, 0) is 23.3 Å². The summed E-state index contributed by atoms with van der Waals surface area (Å²) in [4.78, 5) is 28.2. The summed E-state index contributed by atoms with van der Waals surface area (Å²) >= 11 is 0. The molecule has 0 saturated carbocycles. The van der Waals surface area contributed by atoms with Crippen LogP contribution in [0.25, 0.3) is 0 Å². The van der Waals surface area contributed by atoms with Crippen molar-refractivity contribution in [1.29, 1.82) is 0 Å². The van der Waals surface area contributed by atoms with Crippen molar-refractivity contribution < 1.29 is 14.3 Å². The summed E-state index contributed by atoms with van der Waals surface area (Å²) in [6.45, 7) is 7.00. The Kier molecular flexibility index (Phi) is 7.03. The van der Waals surface area contributed by atoms with E-state index in [2.05, 4.69) is 48.5 Å². The molecule has 0 saturated heterocycles. The van der Waals surface area contributed by atoms with Gasteiger partial charge in [-0.25, -0.2) is 4.79 Å². The highest BCUT2D eigenvalue weighted by Gasteiger charge is 2.13. The maximum absolute atomic E-state index is 12.3. The van der Waals surface area contributed by atoms with Crippen LogP contribution < -0.4 is 10.6 Å². The Morgan fingerprint density at radius 1 is 0.935 bits per heavy atom. The van der Waals surface area contributed by atoms with Crippen LogP contribution in [0, 0.1) is 0 Å². The van der Waals surface area contributed by atoms with E-state index in [9.17, 15) is 9.59 Å². The van der Waals surface area contributed by atoms with E-state index in [4.69, 9.17) is 4.74 Å². The molecule has 3 rings (SSSR count). The number of pyridine rings is 1. The number of amides is 2. The maximum atomic E-state index is 12.3. The number of alkyl carbamates (subject to hydrolysis) is 1. The van der Waals surface area contributed by atoms with Crippen LogP contribution in [0.3, 0.4) is 0 Å². The molecule has 0 aliphatic rings. The fourth-order valence-corrected chi connectivity index (χ4v) is 2.89. The summed E-state index contributed by atoms with van der Waals surface area (Å²) in [5.74, 6) is -0.218. The van der Waals surface area contributed by atoms with Gasteiger partial charge in [0.15, 0.2) is 0 Å². The van der Waals surface area contributed by atoms with Crippen LogP contribution >= 0.6 is 0 Å². The summed E-state index contributed by atoms with van der Waals surface area (Å²) in [5.41, 5.74) is 4.28. The monoisotopic (exact) mass is 417 g/mol. The minimum atomic E-state index is -0.488. The van der Waals surface area contributed by atoms with Gasteiger partial charge in [-0.2, -0.15) is 0 Å². The highest BCUT2D eigenvalue weighted by atomic mass is 16.5. The van der Waals surface area contributed by atoms with Crippen LogP contribution in [0.15, 0.2) is 73.1 Å². The van der Waals surface area contributed by atoms with Crippen LogP contribution in [-0.4, -0.2) is 17.0 Å². The Bertz CT molecular complexity index is 1010. The Labute approximate surface area is 182 Å². The van der Waals surface area contributed by atoms with Crippen LogP contribution in [0.2, 0.25) is 0 Å². The number of ether oxygens (including phenoxy) is 1. The smallest absolute Gasteiger partial charge is 0.407 e. The molecule has 1 heterocycles. The number of aromatic nitrogens is 1. The molecule has 3 aromatic rings. The predicted molar refractivity (Wildman–Crippen MR) is 121 cm³/mol. The minimum absolute atomic E-state index is 0.0890. The van der Waals surface area contributed by atoms with Crippen molar-refractivity contribution in [3.63, 3.8) is 0 Å². The van der Waals surface area contributed by atoms with Gasteiger partial charge in [0.05, 0.1) is 11.9 Å². The predicted octanol–water partition coefficient (Wildman–Crippen LogP) is 5.06. The number of benzene rings is 2. The van der Waals surface area contributed by atoms with Crippen LogP contribution in [0.4, 0.5) is 10.5 Å². The molecule has 0 aliphatic heterocycles. The van der Waals surface area contributed by atoms with Gasteiger partial charge in [0, 0.05) is 18.3 Å². The largest absolute Gasteiger partial charge is 0.445 e. The molecule has 0 atom stereocenters. The van der Waals surface area contributed by atoms with Gasteiger partial charge in [-0.3, -0.25) is 9.78 Å². The third-order valence-electron chi connectivity index (χ3n) is 4.76. The number of rotatable bonds is 6. The van der Waals surface area contributed by atoms with E-state index in [1.54, 1.807) is 48.8 Å². The zero-order valence-corrected chi connectivity index (χ0v) is 18.0. The minimum Gasteiger partial charge on any atom is -0.445 e. The van der Waals surface area contributed by atoms with E-state index >= 15 is 0 Å². The Morgan fingerprint density at radius 3 is 2.23 bits per heavy atom. The molecular formula is C25H27N3O3. The average Bonchev–Trinajstić information content (AvgIpc) is 2.77. The quantitative estimate of drug-likeness (QED) is 0.588. The second-order valence-corrected chi connectivity index (χ2v) is 8.27. The summed E-state index contributed by atoms with van der Waals surface area (Å²) in [6, 6.07) is 18.6. The van der Waals surface area contributed by atoms with Gasteiger partial charge in [0.25, 0.3) is 5.91 Å². The molecule has 31 heavy (non-hydrogen) atoms. The third-order valence-corrected chi connectivity index (χ3v) is 4.76. The van der Waals surface area contributed by atoms with Crippen molar-refractivity contribution in [1.82, 2.24) is 10.3 Å². The van der Waals surface area contributed by atoms with Crippen molar-refractivity contribution in [3.8, 4) is 0 Å². The normalized spacial score (nSPS) is 10.9. The summed E-state index contributed by atoms with van der Waals surface area (Å²) in [7, 11) is 0. The fraction of sp³-hybridized carbons (Fsp3) is 0.240. The summed E-state index contributed by atoms with van der Waals surface area (Å²) in [6.07, 6.45) is 2.74. The molecule has 0 spiro atoms. The lowest BCUT2D eigenvalue weighted by Gasteiger charge is -2.19. The molecule has 2 N–H and O–H groups in total. The molecule has 0 fully saturated rings. The van der Waals surface area contributed by atoms with Crippen molar-refractivity contribution in [2.24, 2.45) is 0 Å². The standard InChI is InChI=1S/C25H27N3O3/c1-25(2,3)21-12-8-19(9-13-21)17-31-24(30)27-15-18-6-10-20(11-7-18)23(29)28-22-5-4-14-26-16-22/h4-14,16H,15,17H2,1-3H3,(H,27,30)(H,28,29). The lowest BCUT2D eigenvalue weighted by Crippen LogP contribution is -2.23. The zero-order valence-electron chi connectivity index (χ0n) is 18.0. The molecule has 6 nitrogen and oxygen atoms in total. The first-order valence-corrected chi connectivity index (χ1v) is 10.1. The van der Waals surface area contributed by atoms with Crippen molar-refractivity contribution in [2.75, 3.05) is 5.32 Å². The first-order chi connectivity index (χ1) is 14.8. The molecule has 6 heteroatoms. The van der Waals surface area contributed by atoms with E-state index in [0.717, 1.165) is 11.1 Å². The van der Waals surface area contributed by atoms with Crippen LogP contribution in [0.5, 0.6) is 0 Å². The van der Waals surface area contributed by atoms with Crippen molar-refractivity contribution >= 4 is 17.7 Å². The van der Waals surface area contributed by atoms with E-state index in [1.807, 2.05) is 12.1 Å². The fourth-order valence-electron chi connectivity index (χ4n) is 2.89. The summed E-state index contributed by atoms with van der Waals surface area (Å²) < 4.78 is 5.28. The Balaban J connectivity index is 1.44. The molecular weight excluding hydrogens is 390 g/mol. The number of carbonyl (C=O) groups is 2. The Morgan fingerprint density at radius 2 is 1.61 bits per heavy atom. The number of carbonyl (C=O) groups excluding carboxylic acids is 2. The number of hydrogen-bond acceptors (Lipinski definition) is 4. The van der Waals surface area contributed by atoms with E-state index < -0.39 is 6.09 Å². The topological polar surface area (TPSA) is 80.3 Å². The maximum Gasteiger partial charge on any atom is 0.407 e. The first-order valence-electron chi connectivity index (χ1n) is 10.1. The SMILES string of the molecule is CC(C)(C)c1ccc(COC(=O)NCc2ccc(C(=O)Nc3cccnc3)cc2)cc1. The van der Waals surface area contributed by atoms with Gasteiger partial charge in [0.1, 0.15) is 6.61 Å². The molecule has 0 radical (unpaired) electrons. The molecule has 2 aromatic carbocycles. The molecule has 0 bridgehead atoms. The van der Waals surface area contributed by atoms with Crippen molar-refractivity contribution in [3.05, 3.63) is 95.3 Å². The average molecular weight is 418 g/mol. The van der Waals surface area contributed by atoms with E-state index in [0.29, 0.717) is 17.8 Å². The van der Waals surface area contributed by atoms with Crippen molar-refractivity contribution in [2.45, 2.75) is 39.3 Å². The third kappa shape index (κ3) is 6.67. The van der Waals surface area contributed by atoms with Gasteiger partial charge < -0.3 is 15.4 Å². The Hall–Kier alpha value is -3.67. The molecule has 1 aromatic heterocycles. The zero-order chi connectivity index (χ0) is 22.3. The van der Waals surface area contributed by atoms with Gasteiger partial charge in [-0.05, 0) is 46.4 Å². The molecule has 0 aliphatic carbocycles. The number of anilines is 1.